The van der Waals surface area contributed by atoms with Crippen molar-refractivity contribution >= 4 is 17.0 Å². The van der Waals surface area contributed by atoms with E-state index in [0.29, 0.717) is 11.2 Å². The number of ether oxygens (including phenoxy) is 1. The molecule has 2 aromatic heterocycles. The fraction of sp³-hybridized carbons (Fsp3) is 0.545. The van der Waals surface area contributed by atoms with Gasteiger partial charge in [-0.05, 0) is 6.92 Å². The molecule has 1 fully saturated rings. The van der Waals surface area contributed by atoms with Crippen LogP contribution in [0, 0.1) is 0 Å². The first-order valence-electron chi connectivity index (χ1n) is 6.13. The van der Waals surface area contributed by atoms with Gasteiger partial charge in [0.25, 0.3) is 0 Å². The molecule has 0 saturated carbocycles. The van der Waals surface area contributed by atoms with E-state index in [-0.39, 0.29) is 5.82 Å². The van der Waals surface area contributed by atoms with Gasteiger partial charge in [-0.15, -0.1) is 0 Å². The lowest BCUT2D eigenvalue weighted by Crippen LogP contribution is -2.54. The lowest BCUT2D eigenvalue weighted by molar-refractivity contribution is -0.239. The number of aliphatic hydroxyl groups is 3. The minimum atomic E-state index is -1.32. The van der Waals surface area contributed by atoms with Crippen molar-refractivity contribution in [1.29, 1.82) is 0 Å². The molecule has 0 bridgehead atoms. The molecule has 1 aliphatic heterocycles. The SMILES string of the molecule is C[C@H]1O[C@@H](n2cnc3c(N)ncnc32)[C@@H](O)[C@@H](O)[C@@H]1O. The molecule has 20 heavy (non-hydrogen) atoms. The van der Waals surface area contributed by atoms with Gasteiger partial charge in [-0.3, -0.25) is 4.57 Å². The molecule has 9 nitrogen and oxygen atoms in total. The Balaban J connectivity index is 2.04. The van der Waals surface area contributed by atoms with Gasteiger partial charge in [0.2, 0.25) is 0 Å². The maximum atomic E-state index is 10.1. The van der Waals surface area contributed by atoms with E-state index in [9.17, 15) is 15.3 Å². The molecule has 5 N–H and O–H groups in total. The molecule has 0 spiro atoms. The van der Waals surface area contributed by atoms with E-state index in [0.717, 1.165) is 0 Å². The molecule has 108 valence electrons. The van der Waals surface area contributed by atoms with Gasteiger partial charge in [-0.1, -0.05) is 0 Å². The van der Waals surface area contributed by atoms with Gasteiger partial charge in [-0.2, -0.15) is 0 Å². The minimum absolute atomic E-state index is 0.215. The van der Waals surface area contributed by atoms with E-state index in [1.165, 1.54) is 17.2 Å². The Morgan fingerprint density at radius 3 is 2.65 bits per heavy atom. The van der Waals surface area contributed by atoms with Gasteiger partial charge < -0.3 is 25.8 Å². The predicted octanol–water partition coefficient (Wildman–Crippen LogP) is -1.59. The average Bonchev–Trinajstić information content (AvgIpc) is 2.86. The zero-order chi connectivity index (χ0) is 14.4. The van der Waals surface area contributed by atoms with Crippen LogP contribution in [0.3, 0.4) is 0 Å². The number of imidazole rings is 1. The third-order valence-corrected chi connectivity index (χ3v) is 3.49. The summed E-state index contributed by atoms with van der Waals surface area (Å²) in [6.45, 7) is 1.61. The molecule has 1 aliphatic rings. The minimum Gasteiger partial charge on any atom is -0.388 e. The number of fused-ring (bicyclic) bond motifs is 1. The van der Waals surface area contributed by atoms with Crippen molar-refractivity contribution in [2.24, 2.45) is 0 Å². The third-order valence-electron chi connectivity index (χ3n) is 3.49. The molecule has 0 aliphatic carbocycles. The number of aliphatic hydroxyl groups excluding tert-OH is 3. The highest BCUT2D eigenvalue weighted by Gasteiger charge is 2.43. The Morgan fingerprint density at radius 2 is 1.90 bits per heavy atom. The zero-order valence-corrected chi connectivity index (χ0v) is 10.7. The fourth-order valence-corrected chi connectivity index (χ4v) is 2.32. The molecule has 0 radical (unpaired) electrons. The van der Waals surface area contributed by atoms with Crippen LogP contribution in [0.2, 0.25) is 0 Å². The third kappa shape index (κ3) is 1.83. The van der Waals surface area contributed by atoms with Crippen LogP contribution in [0.4, 0.5) is 5.82 Å². The zero-order valence-electron chi connectivity index (χ0n) is 10.7. The van der Waals surface area contributed by atoms with Gasteiger partial charge in [-0.25, -0.2) is 15.0 Å². The molecule has 5 atom stereocenters. The van der Waals surface area contributed by atoms with Crippen molar-refractivity contribution in [3.05, 3.63) is 12.7 Å². The largest absolute Gasteiger partial charge is 0.388 e. The lowest BCUT2D eigenvalue weighted by atomic mass is 9.99. The second-order valence-electron chi connectivity index (χ2n) is 4.79. The number of nitrogens with two attached hydrogens (primary N) is 1. The summed E-state index contributed by atoms with van der Waals surface area (Å²) < 4.78 is 7.00. The van der Waals surface area contributed by atoms with Crippen molar-refractivity contribution in [1.82, 2.24) is 19.5 Å². The first-order valence-corrected chi connectivity index (χ1v) is 6.13. The number of hydrogen-bond acceptors (Lipinski definition) is 8. The summed E-state index contributed by atoms with van der Waals surface area (Å²) >= 11 is 0. The Kier molecular flexibility index (Phi) is 3.05. The van der Waals surface area contributed by atoms with Crippen LogP contribution in [0.5, 0.6) is 0 Å². The fourth-order valence-electron chi connectivity index (χ4n) is 2.32. The van der Waals surface area contributed by atoms with Crippen molar-refractivity contribution in [2.75, 3.05) is 5.73 Å². The van der Waals surface area contributed by atoms with Crippen LogP contribution in [-0.2, 0) is 4.74 Å². The van der Waals surface area contributed by atoms with Crippen LogP contribution in [0.1, 0.15) is 13.2 Å². The Morgan fingerprint density at radius 1 is 1.15 bits per heavy atom. The summed E-state index contributed by atoms with van der Waals surface area (Å²) in [5.74, 6) is 0.215. The predicted molar refractivity (Wildman–Crippen MR) is 67.3 cm³/mol. The first-order chi connectivity index (χ1) is 9.50. The highest BCUT2D eigenvalue weighted by molar-refractivity contribution is 5.81. The second-order valence-corrected chi connectivity index (χ2v) is 4.79. The summed E-state index contributed by atoms with van der Waals surface area (Å²) in [4.78, 5) is 12.0. The van der Waals surface area contributed by atoms with Crippen LogP contribution in [0.15, 0.2) is 12.7 Å². The lowest BCUT2D eigenvalue weighted by Gasteiger charge is -2.39. The molecule has 3 rings (SSSR count). The summed E-state index contributed by atoms with van der Waals surface area (Å²) in [6.07, 6.45) is -2.66. The van der Waals surface area contributed by atoms with Crippen LogP contribution in [0.25, 0.3) is 11.2 Å². The first kappa shape index (κ1) is 13.2. The van der Waals surface area contributed by atoms with Crippen molar-refractivity contribution in [2.45, 2.75) is 37.6 Å². The van der Waals surface area contributed by atoms with Crippen LogP contribution >= 0.6 is 0 Å². The maximum Gasteiger partial charge on any atom is 0.167 e. The molecule has 0 unspecified atom stereocenters. The Labute approximate surface area is 113 Å². The molecule has 2 aromatic rings. The summed E-state index contributed by atoms with van der Waals surface area (Å²) in [6, 6.07) is 0. The van der Waals surface area contributed by atoms with E-state index >= 15 is 0 Å². The van der Waals surface area contributed by atoms with Crippen LogP contribution < -0.4 is 5.73 Å². The monoisotopic (exact) mass is 281 g/mol. The van der Waals surface area contributed by atoms with Crippen LogP contribution in [-0.4, -0.2) is 59.3 Å². The number of nitrogens with zero attached hydrogens (tertiary/aromatic N) is 4. The number of hydrogen-bond donors (Lipinski definition) is 4. The normalized spacial score (nSPS) is 34.5. The van der Waals surface area contributed by atoms with Gasteiger partial charge in [0.05, 0.1) is 12.4 Å². The number of anilines is 1. The molecule has 3 heterocycles. The topological polar surface area (TPSA) is 140 Å². The highest BCUT2D eigenvalue weighted by atomic mass is 16.5. The molecule has 0 aromatic carbocycles. The van der Waals surface area contributed by atoms with Gasteiger partial charge in [0, 0.05) is 0 Å². The quantitative estimate of drug-likeness (QED) is 0.490. The smallest absolute Gasteiger partial charge is 0.167 e. The molecule has 1 saturated heterocycles. The van der Waals surface area contributed by atoms with Gasteiger partial charge in [0.1, 0.15) is 30.2 Å². The van der Waals surface area contributed by atoms with E-state index < -0.39 is 30.6 Å². The van der Waals surface area contributed by atoms with Crippen molar-refractivity contribution in [3.63, 3.8) is 0 Å². The average molecular weight is 281 g/mol. The van der Waals surface area contributed by atoms with Gasteiger partial charge in [0.15, 0.2) is 17.7 Å². The van der Waals surface area contributed by atoms with E-state index in [1.54, 1.807) is 6.92 Å². The molecule has 9 heteroatoms. The Hall–Kier alpha value is -1.81. The van der Waals surface area contributed by atoms with E-state index in [4.69, 9.17) is 10.5 Å². The van der Waals surface area contributed by atoms with E-state index in [2.05, 4.69) is 15.0 Å². The summed E-state index contributed by atoms with van der Waals surface area (Å²) in [7, 11) is 0. The number of rotatable bonds is 1. The standard InChI is InChI=1S/C11H15N5O4/c1-4-6(17)7(18)8(19)11(20-4)16-3-15-5-9(12)13-2-14-10(5)16/h2-4,6-8,11,17-19H,1H3,(H2,12,13,14)/t4-,6-,7+,8+,11-/m1/s1. The van der Waals surface area contributed by atoms with E-state index in [1.807, 2.05) is 0 Å². The molecular formula is C11H15N5O4. The molecular weight excluding hydrogens is 266 g/mol. The second kappa shape index (κ2) is 4.63. The highest BCUT2D eigenvalue weighted by Crippen LogP contribution is 2.30. The summed E-state index contributed by atoms with van der Waals surface area (Å²) in [5, 5.41) is 29.6. The maximum absolute atomic E-state index is 10.1. The number of nitrogen functional groups attached to an aromatic ring is 1. The van der Waals surface area contributed by atoms with Crippen molar-refractivity contribution < 1.29 is 20.1 Å². The Bertz CT molecular complexity index is 632. The molecule has 0 amide bonds. The number of aromatic nitrogens is 4. The summed E-state index contributed by atoms with van der Waals surface area (Å²) in [5.41, 5.74) is 6.46. The van der Waals surface area contributed by atoms with Gasteiger partial charge >= 0.3 is 0 Å². The van der Waals surface area contributed by atoms with Crippen molar-refractivity contribution in [3.8, 4) is 0 Å².